The molecule has 5 heteroatoms. The summed E-state index contributed by atoms with van der Waals surface area (Å²) in [5.41, 5.74) is 3.36. The van der Waals surface area contributed by atoms with Crippen LogP contribution in [0.25, 0.3) is 11.1 Å². The molecule has 0 aliphatic rings. The van der Waals surface area contributed by atoms with Crippen LogP contribution in [0.5, 0.6) is 0 Å². The van der Waals surface area contributed by atoms with Crippen LogP contribution < -0.4 is 0 Å². The Bertz CT molecular complexity index is 714. The minimum atomic E-state index is -2.96. The molecule has 0 bridgehead atoms. The number of hydrogen-bond acceptors (Lipinski definition) is 4. The Kier molecular flexibility index (Phi) is 5.32. The van der Waals surface area contributed by atoms with Gasteiger partial charge in [0.05, 0.1) is 5.75 Å². The van der Waals surface area contributed by atoms with E-state index in [9.17, 15) is 8.42 Å². The molecule has 2 rings (SSSR count). The molecular formula is C17H22N2O2S. The molecule has 1 aromatic heterocycles. The lowest BCUT2D eigenvalue weighted by Gasteiger charge is -2.24. The van der Waals surface area contributed by atoms with Crippen molar-refractivity contribution >= 4 is 9.84 Å². The number of sulfone groups is 1. The van der Waals surface area contributed by atoms with E-state index in [2.05, 4.69) is 28.1 Å². The third kappa shape index (κ3) is 4.93. The monoisotopic (exact) mass is 318 g/mol. The van der Waals surface area contributed by atoms with Gasteiger partial charge in [0, 0.05) is 31.2 Å². The van der Waals surface area contributed by atoms with Crippen LogP contribution in [0.1, 0.15) is 12.5 Å². The van der Waals surface area contributed by atoms with Gasteiger partial charge in [0.15, 0.2) is 0 Å². The van der Waals surface area contributed by atoms with Crippen molar-refractivity contribution in [3.63, 3.8) is 0 Å². The molecule has 0 saturated carbocycles. The first-order valence-electron chi connectivity index (χ1n) is 7.22. The van der Waals surface area contributed by atoms with Gasteiger partial charge in [0.2, 0.25) is 0 Å². The Labute approximate surface area is 132 Å². The van der Waals surface area contributed by atoms with E-state index < -0.39 is 9.84 Å². The average molecular weight is 318 g/mol. The zero-order chi connectivity index (χ0) is 16.2. The highest BCUT2D eigenvalue weighted by atomic mass is 32.2. The highest BCUT2D eigenvalue weighted by molar-refractivity contribution is 7.90. The number of nitrogens with zero attached hydrogens (tertiary/aromatic N) is 2. The summed E-state index contributed by atoms with van der Waals surface area (Å²) in [6.45, 7) is 2.65. The fraction of sp³-hybridized carbons (Fsp3) is 0.353. The van der Waals surface area contributed by atoms with Gasteiger partial charge >= 0.3 is 0 Å². The van der Waals surface area contributed by atoms with Gasteiger partial charge in [-0.1, -0.05) is 24.3 Å². The van der Waals surface area contributed by atoms with E-state index in [1.165, 1.54) is 6.26 Å². The van der Waals surface area contributed by atoms with Crippen molar-refractivity contribution in [3.8, 4) is 11.1 Å². The Morgan fingerprint density at radius 2 is 1.91 bits per heavy atom. The number of pyridine rings is 1. The number of hydrogen-bond donors (Lipinski definition) is 0. The molecule has 0 aliphatic heterocycles. The fourth-order valence-corrected chi connectivity index (χ4v) is 3.52. The zero-order valence-corrected chi connectivity index (χ0v) is 14.0. The lowest BCUT2D eigenvalue weighted by molar-refractivity contribution is 0.267. The van der Waals surface area contributed by atoms with Crippen molar-refractivity contribution in [2.75, 3.05) is 19.1 Å². The molecule has 1 aromatic carbocycles. The summed E-state index contributed by atoms with van der Waals surface area (Å²) in [6, 6.07) is 12.2. The van der Waals surface area contributed by atoms with E-state index in [-0.39, 0.29) is 11.8 Å². The van der Waals surface area contributed by atoms with Gasteiger partial charge in [-0.3, -0.25) is 9.88 Å². The molecular weight excluding hydrogens is 296 g/mol. The summed E-state index contributed by atoms with van der Waals surface area (Å²) < 4.78 is 22.8. The molecule has 0 radical (unpaired) electrons. The summed E-state index contributed by atoms with van der Waals surface area (Å²) in [5, 5.41) is 0. The minimum absolute atomic E-state index is 0.0166. The standard InChI is InChI=1S/C17H22N2O2S/c1-14(13-22(3,20)21)19(2)12-15-6-4-7-16(10-15)17-8-5-9-18-11-17/h4-11,14H,12-13H2,1-3H3/t14-/m0/s1. The molecule has 0 unspecified atom stereocenters. The topological polar surface area (TPSA) is 50.3 Å². The second-order valence-corrected chi connectivity index (χ2v) is 7.98. The predicted molar refractivity (Wildman–Crippen MR) is 90.3 cm³/mol. The maximum Gasteiger partial charge on any atom is 0.148 e. The van der Waals surface area contributed by atoms with Gasteiger partial charge in [-0.2, -0.15) is 0 Å². The molecule has 0 fully saturated rings. The van der Waals surface area contributed by atoms with Crippen LogP contribution in [0.2, 0.25) is 0 Å². The maximum absolute atomic E-state index is 11.4. The van der Waals surface area contributed by atoms with Crippen LogP contribution in [-0.4, -0.2) is 43.4 Å². The van der Waals surface area contributed by atoms with Crippen LogP contribution in [-0.2, 0) is 16.4 Å². The Balaban J connectivity index is 2.10. The molecule has 0 aliphatic carbocycles. The first-order valence-corrected chi connectivity index (χ1v) is 9.28. The van der Waals surface area contributed by atoms with Gasteiger partial charge in [0.25, 0.3) is 0 Å². The number of benzene rings is 1. The SMILES string of the molecule is C[C@@H](CS(C)(=O)=O)N(C)Cc1cccc(-c2cccnc2)c1. The molecule has 1 atom stereocenters. The smallest absolute Gasteiger partial charge is 0.148 e. The second kappa shape index (κ2) is 7.03. The summed E-state index contributed by atoms with van der Waals surface area (Å²) in [7, 11) is -1.01. The van der Waals surface area contributed by atoms with Crippen LogP contribution in [0.3, 0.4) is 0 Å². The van der Waals surface area contributed by atoms with Crippen molar-refractivity contribution in [1.82, 2.24) is 9.88 Å². The van der Waals surface area contributed by atoms with Gasteiger partial charge in [-0.25, -0.2) is 8.42 Å². The molecule has 0 spiro atoms. The fourth-order valence-electron chi connectivity index (χ4n) is 2.39. The summed E-state index contributed by atoms with van der Waals surface area (Å²) >= 11 is 0. The second-order valence-electron chi connectivity index (χ2n) is 5.80. The lowest BCUT2D eigenvalue weighted by atomic mass is 10.0. The number of rotatable bonds is 6. The van der Waals surface area contributed by atoms with Crippen molar-refractivity contribution in [2.24, 2.45) is 0 Å². The first kappa shape index (κ1) is 16.6. The van der Waals surface area contributed by atoms with Crippen molar-refractivity contribution in [2.45, 2.75) is 19.5 Å². The molecule has 4 nitrogen and oxygen atoms in total. The van der Waals surface area contributed by atoms with Gasteiger partial charge in [0.1, 0.15) is 9.84 Å². The van der Waals surface area contributed by atoms with E-state index >= 15 is 0 Å². The van der Waals surface area contributed by atoms with Crippen LogP contribution in [0.15, 0.2) is 48.8 Å². The first-order chi connectivity index (χ1) is 10.3. The van der Waals surface area contributed by atoms with E-state index in [1.54, 1.807) is 6.20 Å². The van der Waals surface area contributed by atoms with Gasteiger partial charge in [-0.15, -0.1) is 0 Å². The normalized spacial score (nSPS) is 13.3. The lowest BCUT2D eigenvalue weighted by Crippen LogP contribution is -2.34. The quantitative estimate of drug-likeness (QED) is 0.821. The molecule has 0 saturated heterocycles. The van der Waals surface area contributed by atoms with E-state index in [0.29, 0.717) is 6.54 Å². The Hall–Kier alpha value is -1.72. The Morgan fingerprint density at radius 3 is 2.55 bits per heavy atom. The van der Waals surface area contributed by atoms with Crippen molar-refractivity contribution < 1.29 is 8.42 Å². The van der Waals surface area contributed by atoms with Crippen molar-refractivity contribution in [1.29, 1.82) is 0 Å². The summed E-state index contributed by atoms with van der Waals surface area (Å²) in [6.07, 6.45) is 4.88. The largest absolute Gasteiger partial charge is 0.298 e. The van der Waals surface area contributed by atoms with E-state index in [4.69, 9.17) is 0 Å². The highest BCUT2D eigenvalue weighted by Gasteiger charge is 2.15. The third-order valence-electron chi connectivity index (χ3n) is 3.65. The van der Waals surface area contributed by atoms with Gasteiger partial charge < -0.3 is 0 Å². The summed E-state index contributed by atoms with van der Waals surface area (Å²) in [5.74, 6) is 0.172. The zero-order valence-electron chi connectivity index (χ0n) is 13.2. The molecule has 22 heavy (non-hydrogen) atoms. The van der Waals surface area contributed by atoms with E-state index in [1.807, 2.05) is 38.4 Å². The van der Waals surface area contributed by atoms with Crippen LogP contribution in [0, 0.1) is 0 Å². The Morgan fingerprint density at radius 1 is 1.18 bits per heavy atom. The van der Waals surface area contributed by atoms with Crippen molar-refractivity contribution in [3.05, 3.63) is 54.4 Å². The molecule has 0 amide bonds. The highest BCUT2D eigenvalue weighted by Crippen LogP contribution is 2.20. The van der Waals surface area contributed by atoms with Gasteiger partial charge in [-0.05, 0) is 42.8 Å². The average Bonchev–Trinajstić information content (AvgIpc) is 2.46. The maximum atomic E-state index is 11.4. The molecule has 0 N–H and O–H groups in total. The van der Waals surface area contributed by atoms with E-state index in [0.717, 1.165) is 16.7 Å². The predicted octanol–water partition coefficient (Wildman–Crippen LogP) is 2.61. The van der Waals surface area contributed by atoms with Crippen LogP contribution in [0.4, 0.5) is 0 Å². The molecule has 2 aromatic rings. The minimum Gasteiger partial charge on any atom is -0.298 e. The van der Waals surface area contributed by atoms with Crippen LogP contribution >= 0.6 is 0 Å². The third-order valence-corrected chi connectivity index (χ3v) is 4.74. The number of aromatic nitrogens is 1. The molecule has 1 heterocycles. The molecule has 118 valence electrons. The summed E-state index contributed by atoms with van der Waals surface area (Å²) in [4.78, 5) is 6.20.